The molecule has 4 N–H and O–H groups in total. The van der Waals surface area contributed by atoms with E-state index in [-0.39, 0.29) is 27.0 Å². The molecule has 0 bridgehead atoms. The Morgan fingerprint density at radius 2 is 1.88 bits per heavy atom. The van der Waals surface area contributed by atoms with Gasteiger partial charge in [-0.15, -0.1) is 11.8 Å². The zero-order valence-electron chi connectivity index (χ0n) is 11.7. The zero-order valence-corrected chi connectivity index (χ0v) is 14.1. The van der Waals surface area contributed by atoms with Crippen LogP contribution in [0.25, 0.3) is 0 Å². The second-order valence-corrected chi connectivity index (χ2v) is 7.44. The summed E-state index contributed by atoms with van der Waals surface area (Å²) in [6.45, 7) is 0. The highest BCUT2D eigenvalue weighted by Gasteiger charge is 2.21. The molecule has 0 aliphatic rings. The van der Waals surface area contributed by atoms with Crippen molar-refractivity contribution in [3.63, 3.8) is 0 Å². The van der Waals surface area contributed by atoms with Gasteiger partial charge in [0.1, 0.15) is 10.7 Å². The number of nitrogens with two attached hydrogens (primary N) is 1. The van der Waals surface area contributed by atoms with Crippen molar-refractivity contribution in [1.82, 2.24) is 0 Å². The van der Waals surface area contributed by atoms with Crippen molar-refractivity contribution >= 4 is 45.3 Å². The van der Waals surface area contributed by atoms with Gasteiger partial charge in [0.15, 0.2) is 0 Å². The van der Waals surface area contributed by atoms with Gasteiger partial charge in [-0.05, 0) is 24.3 Å². The summed E-state index contributed by atoms with van der Waals surface area (Å²) in [4.78, 5) is 21.8. The Labute approximate surface area is 145 Å². The number of hydrogen-bond acceptors (Lipinski definition) is 6. The van der Waals surface area contributed by atoms with Gasteiger partial charge >= 0.3 is 11.9 Å². The van der Waals surface area contributed by atoms with Crippen molar-refractivity contribution in [2.24, 2.45) is 5.14 Å². The van der Waals surface area contributed by atoms with Crippen LogP contribution in [0.4, 0.5) is 0 Å². The largest absolute Gasteiger partial charge is 0.478 e. The van der Waals surface area contributed by atoms with E-state index in [9.17, 15) is 23.1 Å². The summed E-state index contributed by atoms with van der Waals surface area (Å²) in [6, 6.07) is 4.77. The van der Waals surface area contributed by atoms with E-state index in [1.165, 1.54) is 18.2 Å². The van der Waals surface area contributed by atoms with E-state index in [4.69, 9.17) is 26.3 Å². The quantitative estimate of drug-likeness (QED) is 0.635. The molecule has 1 aromatic carbocycles. The predicted octanol–water partition coefficient (Wildman–Crippen LogP) is 2.27. The van der Waals surface area contributed by atoms with Crippen LogP contribution in [0.2, 0.25) is 5.02 Å². The summed E-state index contributed by atoms with van der Waals surface area (Å²) in [7, 11) is -4.17. The van der Waals surface area contributed by atoms with Crippen molar-refractivity contribution in [3.05, 3.63) is 46.4 Å². The second kappa shape index (κ2) is 6.85. The van der Waals surface area contributed by atoms with E-state index < -0.39 is 26.9 Å². The minimum Gasteiger partial charge on any atom is -0.478 e. The van der Waals surface area contributed by atoms with Crippen LogP contribution in [-0.2, 0) is 15.8 Å². The molecular weight excluding hydrogens is 382 g/mol. The van der Waals surface area contributed by atoms with Gasteiger partial charge in [-0.1, -0.05) is 11.6 Å². The van der Waals surface area contributed by atoms with Crippen LogP contribution < -0.4 is 5.14 Å². The number of sulfonamides is 1. The maximum Gasteiger partial charge on any atom is 0.371 e. The van der Waals surface area contributed by atoms with Gasteiger partial charge in [0.2, 0.25) is 15.8 Å². The summed E-state index contributed by atoms with van der Waals surface area (Å²) in [5, 5.41) is 22.8. The molecule has 11 heteroatoms. The molecule has 128 valence electrons. The Hall–Kier alpha value is -2.01. The first-order valence-corrected chi connectivity index (χ1v) is 9.05. The molecule has 0 aliphatic heterocycles. The van der Waals surface area contributed by atoms with Crippen LogP contribution in [0.5, 0.6) is 0 Å². The normalized spacial score (nSPS) is 11.4. The number of aromatic carboxylic acids is 2. The Morgan fingerprint density at radius 1 is 1.21 bits per heavy atom. The number of halogens is 1. The molecule has 1 heterocycles. The second-order valence-electron chi connectivity index (χ2n) is 4.49. The molecule has 24 heavy (non-hydrogen) atoms. The lowest BCUT2D eigenvalue weighted by molar-refractivity contribution is 0.0658. The maximum atomic E-state index is 11.4. The number of hydrogen-bond donors (Lipinski definition) is 3. The van der Waals surface area contributed by atoms with Crippen LogP contribution in [0.3, 0.4) is 0 Å². The van der Waals surface area contributed by atoms with E-state index in [1.54, 1.807) is 0 Å². The minimum absolute atomic E-state index is 0.124. The first-order chi connectivity index (χ1) is 11.1. The molecule has 0 unspecified atom stereocenters. The molecule has 0 fully saturated rings. The standard InChI is InChI=1S/C13H10ClNO7S2/c14-8-4-10(7(12(16)17)3-11(8)24(15,20)21)23-5-6-1-2-9(22-6)13(18)19/h1-4H,5H2,(H,16,17)(H,18,19)(H2,15,20,21). The van der Waals surface area contributed by atoms with Crippen molar-refractivity contribution in [1.29, 1.82) is 0 Å². The lowest BCUT2D eigenvalue weighted by atomic mass is 10.2. The zero-order chi connectivity index (χ0) is 18.1. The lowest BCUT2D eigenvalue weighted by Crippen LogP contribution is -2.14. The highest BCUT2D eigenvalue weighted by Crippen LogP contribution is 2.33. The van der Waals surface area contributed by atoms with Crippen molar-refractivity contribution in [2.45, 2.75) is 15.5 Å². The van der Waals surface area contributed by atoms with E-state index in [1.807, 2.05) is 0 Å². The molecule has 0 atom stereocenters. The van der Waals surface area contributed by atoms with Crippen LogP contribution >= 0.6 is 23.4 Å². The van der Waals surface area contributed by atoms with Crippen LogP contribution in [-0.4, -0.2) is 30.6 Å². The third-order valence-corrected chi connectivity index (χ3v) is 5.27. The fourth-order valence-corrected chi connectivity index (χ4v) is 3.88. The van der Waals surface area contributed by atoms with E-state index in [0.717, 1.165) is 17.8 Å². The number of benzene rings is 1. The van der Waals surface area contributed by atoms with Gasteiger partial charge in [-0.2, -0.15) is 0 Å². The first kappa shape index (κ1) is 18.3. The maximum absolute atomic E-state index is 11.4. The molecule has 1 aromatic heterocycles. The van der Waals surface area contributed by atoms with Gasteiger partial charge < -0.3 is 14.6 Å². The molecule has 8 nitrogen and oxygen atoms in total. The van der Waals surface area contributed by atoms with Crippen LogP contribution in [0.1, 0.15) is 26.7 Å². The number of carboxylic acids is 2. The van der Waals surface area contributed by atoms with Crippen LogP contribution in [0, 0.1) is 0 Å². The fraction of sp³-hybridized carbons (Fsp3) is 0.0769. The summed E-state index contributed by atoms with van der Waals surface area (Å²) in [5.74, 6) is -2.40. The Kier molecular flexibility index (Phi) is 5.23. The third-order valence-electron chi connectivity index (χ3n) is 2.81. The van der Waals surface area contributed by atoms with E-state index in [2.05, 4.69) is 0 Å². The molecule has 2 aromatic rings. The lowest BCUT2D eigenvalue weighted by Gasteiger charge is -2.09. The van der Waals surface area contributed by atoms with E-state index in [0.29, 0.717) is 5.76 Å². The number of carbonyl (C=O) groups is 2. The average molecular weight is 392 g/mol. The van der Waals surface area contributed by atoms with Crippen molar-refractivity contribution in [2.75, 3.05) is 0 Å². The third kappa shape index (κ3) is 4.09. The van der Waals surface area contributed by atoms with E-state index >= 15 is 0 Å². The van der Waals surface area contributed by atoms with Gasteiger partial charge in [-0.25, -0.2) is 23.1 Å². The number of furan rings is 1. The topological polar surface area (TPSA) is 148 Å². The number of rotatable bonds is 6. The summed E-state index contributed by atoms with van der Waals surface area (Å²) >= 11 is 6.85. The highest BCUT2D eigenvalue weighted by molar-refractivity contribution is 7.98. The van der Waals surface area contributed by atoms with Gasteiger partial charge in [0.05, 0.1) is 16.3 Å². The molecule has 0 saturated carbocycles. The van der Waals surface area contributed by atoms with Gasteiger partial charge in [0, 0.05) is 4.90 Å². The van der Waals surface area contributed by atoms with Crippen molar-refractivity contribution in [3.8, 4) is 0 Å². The molecular formula is C13H10ClNO7S2. The monoisotopic (exact) mass is 391 g/mol. The molecule has 0 radical (unpaired) electrons. The average Bonchev–Trinajstić information content (AvgIpc) is 2.92. The Morgan fingerprint density at radius 3 is 2.38 bits per heavy atom. The SMILES string of the molecule is NS(=O)(=O)c1cc(C(=O)O)c(SCc2ccc(C(=O)O)o2)cc1Cl. The molecule has 0 saturated heterocycles. The number of carboxylic acid groups (broad SMARTS) is 2. The summed E-state index contributed by atoms with van der Waals surface area (Å²) < 4.78 is 27.9. The number of primary sulfonamides is 1. The molecule has 0 spiro atoms. The predicted molar refractivity (Wildman–Crippen MR) is 85.0 cm³/mol. The Bertz CT molecular complexity index is 920. The molecule has 0 amide bonds. The van der Waals surface area contributed by atoms with Gasteiger partial charge in [-0.3, -0.25) is 0 Å². The molecule has 2 rings (SSSR count). The smallest absolute Gasteiger partial charge is 0.371 e. The van der Waals surface area contributed by atoms with Gasteiger partial charge in [0.25, 0.3) is 0 Å². The minimum atomic E-state index is -4.17. The number of thioether (sulfide) groups is 1. The Balaban J connectivity index is 2.33. The fourth-order valence-electron chi connectivity index (χ4n) is 1.76. The summed E-state index contributed by atoms with van der Waals surface area (Å²) in [6.07, 6.45) is 0. The van der Waals surface area contributed by atoms with Crippen LogP contribution in [0.15, 0.2) is 38.5 Å². The highest BCUT2D eigenvalue weighted by atomic mass is 35.5. The molecule has 0 aliphatic carbocycles. The first-order valence-electron chi connectivity index (χ1n) is 6.14. The summed E-state index contributed by atoms with van der Waals surface area (Å²) in [5.41, 5.74) is -0.293. The van der Waals surface area contributed by atoms with Crippen molar-refractivity contribution < 1.29 is 32.6 Å².